The predicted molar refractivity (Wildman–Crippen MR) is 118 cm³/mol. The second-order valence-electron chi connectivity index (χ2n) is 7.04. The Morgan fingerprint density at radius 3 is 2.16 bits per heavy atom. The van der Waals surface area contributed by atoms with E-state index in [0.29, 0.717) is 5.75 Å². The number of non-ortho nitro benzene ring substituents is 1. The van der Waals surface area contributed by atoms with E-state index >= 15 is 0 Å². The largest absolute Gasteiger partial charge is 0.491 e. The highest BCUT2D eigenvalue weighted by Crippen LogP contribution is 2.31. The summed E-state index contributed by atoms with van der Waals surface area (Å²) < 4.78 is 7.52. The second kappa shape index (κ2) is 9.23. The van der Waals surface area contributed by atoms with Gasteiger partial charge >= 0.3 is 0 Å². The number of aliphatic hydroxyl groups excluding tert-OH is 1. The van der Waals surface area contributed by atoms with Gasteiger partial charge in [0, 0.05) is 23.3 Å². The van der Waals surface area contributed by atoms with Crippen molar-refractivity contribution in [3.05, 3.63) is 101 Å². The van der Waals surface area contributed by atoms with E-state index in [9.17, 15) is 15.2 Å². The Labute approximate surface area is 179 Å². The molecular formula is C24H21N3O4. The van der Waals surface area contributed by atoms with E-state index in [1.54, 1.807) is 6.33 Å². The van der Waals surface area contributed by atoms with E-state index in [2.05, 4.69) is 4.98 Å². The number of rotatable bonds is 8. The number of ether oxygens (including phenoxy) is 1. The van der Waals surface area contributed by atoms with Crippen molar-refractivity contribution in [2.45, 2.75) is 12.6 Å². The van der Waals surface area contributed by atoms with Crippen LogP contribution in [0.5, 0.6) is 5.75 Å². The van der Waals surface area contributed by atoms with Gasteiger partial charge in [-0.25, -0.2) is 4.98 Å². The molecule has 0 aliphatic heterocycles. The van der Waals surface area contributed by atoms with Crippen molar-refractivity contribution >= 4 is 5.69 Å². The summed E-state index contributed by atoms with van der Waals surface area (Å²) >= 11 is 0. The first-order valence-corrected chi connectivity index (χ1v) is 9.83. The van der Waals surface area contributed by atoms with Crippen molar-refractivity contribution < 1.29 is 14.8 Å². The van der Waals surface area contributed by atoms with Crippen LogP contribution in [0, 0.1) is 10.1 Å². The van der Waals surface area contributed by atoms with Crippen LogP contribution in [0.2, 0.25) is 0 Å². The number of hydrogen-bond donors (Lipinski definition) is 1. The molecule has 7 nitrogen and oxygen atoms in total. The quantitative estimate of drug-likeness (QED) is 0.336. The number of aliphatic hydroxyl groups is 1. The third-order valence-corrected chi connectivity index (χ3v) is 4.83. The average molecular weight is 415 g/mol. The number of aromatic nitrogens is 2. The minimum absolute atomic E-state index is 0.00717. The molecular weight excluding hydrogens is 394 g/mol. The molecule has 0 aliphatic carbocycles. The van der Waals surface area contributed by atoms with E-state index in [0.717, 1.165) is 22.5 Å². The van der Waals surface area contributed by atoms with Gasteiger partial charge in [-0.3, -0.25) is 10.1 Å². The molecule has 0 radical (unpaired) electrons. The predicted octanol–water partition coefficient (Wildman–Crippen LogP) is 4.57. The van der Waals surface area contributed by atoms with Crippen LogP contribution in [0.3, 0.4) is 0 Å². The fourth-order valence-electron chi connectivity index (χ4n) is 3.36. The molecule has 1 heterocycles. The second-order valence-corrected chi connectivity index (χ2v) is 7.04. The Hall–Kier alpha value is -3.97. The standard InChI is InChI=1S/C24H21N3O4/c28-21(16-31-22-13-11-20(12-14-22)27(29)30)15-26-17-25-23(18-7-3-1-4-8-18)24(26)19-9-5-2-6-10-19/h1-14,17,21,28H,15-16H2. The number of nitro benzene ring substituents is 1. The van der Waals surface area contributed by atoms with E-state index < -0.39 is 11.0 Å². The summed E-state index contributed by atoms with van der Waals surface area (Å²) in [5, 5.41) is 21.3. The van der Waals surface area contributed by atoms with Crippen LogP contribution in [0.1, 0.15) is 0 Å². The highest BCUT2D eigenvalue weighted by Gasteiger charge is 2.17. The van der Waals surface area contributed by atoms with Gasteiger partial charge in [0.2, 0.25) is 0 Å². The molecule has 4 rings (SSSR count). The molecule has 0 bridgehead atoms. The fraction of sp³-hybridized carbons (Fsp3) is 0.125. The lowest BCUT2D eigenvalue weighted by atomic mass is 10.0. The third-order valence-electron chi connectivity index (χ3n) is 4.83. The Morgan fingerprint density at radius 1 is 0.935 bits per heavy atom. The lowest BCUT2D eigenvalue weighted by molar-refractivity contribution is -0.384. The van der Waals surface area contributed by atoms with Crippen LogP contribution in [-0.2, 0) is 6.54 Å². The van der Waals surface area contributed by atoms with Gasteiger partial charge < -0.3 is 14.4 Å². The maximum absolute atomic E-state index is 10.8. The molecule has 1 N–H and O–H groups in total. The van der Waals surface area contributed by atoms with Crippen LogP contribution in [0.4, 0.5) is 5.69 Å². The van der Waals surface area contributed by atoms with Crippen LogP contribution >= 0.6 is 0 Å². The van der Waals surface area contributed by atoms with Gasteiger partial charge in [-0.15, -0.1) is 0 Å². The molecule has 0 saturated carbocycles. The maximum Gasteiger partial charge on any atom is 0.269 e. The summed E-state index contributed by atoms with van der Waals surface area (Å²) in [5.74, 6) is 0.462. The summed E-state index contributed by atoms with van der Waals surface area (Å²) in [5.41, 5.74) is 3.75. The average Bonchev–Trinajstić information content (AvgIpc) is 3.22. The van der Waals surface area contributed by atoms with Gasteiger partial charge in [-0.2, -0.15) is 0 Å². The Balaban J connectivity index is 1.52. The molecule has 0 spiro atoms. The van der Waals surface area contributed by atoms with Crippen molar-refractivity contribution in [2.24, 2.45) is 0 Å². The third kappa shape index (κ3) is 4.79. The Morgan fingerprint density at radius 2 is 1.55 bits per heavy atom. The number of hydrogen-bond acceptors (Lipinski definition) is 5. The van der Waals surface area contributed by atoms with Gasteiger partial charge in [0.15, 0.2) is 0 Å². The van der Waals surface area contributed by atoms with E-state index in [4.69, 9.17) is 4.74 Å². The topological polar surface area (TPSA) is 90.4 Å². The highest BCUT2D eigenvalue weighted by atomic mass is 16.6. The normalized spacial score (nSPS) is 11.8. The SMILES string of the molecule is O=[N+]([O-])c1ccc(OCC(O)Cn2cnc(-c3ccccc3)c2-c2ccccc2)cc1. The molecule has 0 saturated heterocycles. The zero-order chi connectivity index (χ0) is 21.6. The van der Waals surface area contributed by atoms with Crippen LogP contribution in [0.15, 0.2) is 91.3 Å². The van der Waals surface area contributed by atoms with E-state index in [1.807, 2.05) is 65.2 Å². The number of benzene rings is 3. The molecule has 7 heteroatoms. The lowest BCUT2D eigenvalue weighted by Gasteiger charge is -2.16. The molecule has 0 aliphatic rings. The minimum atomic E-state index is -0.796. The summed E-state index contributed by atoms with van der Waals surface area (Å²) in [6, 6.07) is 25.6. The lowest BCUT2D eigenvalue weighted by Crippen LogP contribution is -2.23. The molecule has 31 heavy (non-hydrogen) atoms. The first kappa shape index (κ1) is 20.3. The first-order valence-electron chi connectivity index (χ1n) is 9.83. The minimum Gasteiger partial charge on any atom is -0.491 e. The maximum atomic E-state index is 10.8. The van der Waals surface area contributed by atoms with Crippen LogP contribution in [0.25, 0.3) is 22.5 Å². The van der Waals surface area contributed by atoms with Crippen LogP contribution in [-0.4, -0.2) is 32.3 Å². The van der Waals surface area contributed by atoms with E-state index in [1.165, 1.54) is 24.3 Å². The molecule has 156 valence electrons. The monoisotopic (exact) mass is 415 g/mol. The summed E-state index contributed by atoms with van der Waals surface area (Å²) in [4.78, 5) is 14.9. The van der Waals surface area contributed by atoms with Crippen LogP contribution < -0.4 is 4.74 Å². The highest BCUT2D eigenvalue weighted by molar-refractivity contribution is 5.78. The van der Waals surface area contributed by atoms with Gasteiger partial charge in [0.05, 0.1) is 29.2 Å². The zero-order valence-corrected chi connectivity index (χ0v) is 16.7. The van der Waals surface area contributed by atoms with Gasteiger partial charge in [-0.1, -0.05) is 60.7 Å². The fourth-order valence-corrected chi connectivity index (χ4v) is 3.36. The number of imidazole rings is 1. The Bertz CT molecular complexity index is 1140. The number of nitrogens with zero attached hydrogens (tertiary/aromatic N) is 3. The summed E-state index contributed by atoms with van der Waals surface area (Å²) in [7, 11) is 0. The molecule has 1 aromatic heterocycles. The molecule has 1 atom stereocenters. The number of nitro groups is 1. The van der Waals surface area contributed by atoms with Gasteiger partial charge in [0.25, 0.3) is 5.69 Å². The van der Waals surface area contributed by atoms with E-state index in [-0.39, 0.29) is 18.8 Å². The van der Waals surface area contributed by atoms with Crippen molar-refractivity contribution in [1.29, 1.82) is 0 Å². The first-order chi connectivity index (χ1) is 15.1. The van der Waals surface area contributed by atoms with Gasteiger partial charge in [-0.05, 0) is 12.1 Å². The smallest absolute Gasteiger partial charge is 0.269 e. The van der Waals surface area contributed by atoms with Crippen molar-refractivity contribution in [1.82, 2.24) is 9.55 Å². The molecule has 1 unspecified atom stereocenters. The molecule has 0 fully saturated rings. The summed E-state index contributed by atoms with van der Waals surface area (Å²) in [6.45, 7) is 0.335. The summed E-state index contributed by atoms with van der Waals surface area (Å²) in [6.07, 6.45) is 0.926. The Kier molecular flexibility index (Phi) is 6.05. The van der Waals surface area contributed by atoms with Crippen molar-refractivity contribution in [3.8, 4) is 28.3 Å². The molecule has 3 aromatic carbocycles. The van der Waals surface area contributed by atoms with Crippen molar-refractivity contribution in [2.75, 3.05) is 6.61 Å². The molecule has 0 amide bonds. The van der Waals surface area contributed by atoms with Crippen molar-refractivity contribution in [3.63, 3.8) is 0 Å². The van der Waals surface area contributed by atoms with Gasteiger partial charge in [0.1, 0.15) is 18.5 Å². The molecule has 4 aromatic rings. The zero-order valence-electron chi connectivity index (χ0n) is 16.7.